The Kier molecular flexibility index (Phi) is 6.17. The number of benzene rings is 3. The molecule has 0 saturated carbocycles. The second-order valence-electron chi connectivity index (χ2n) is 7.92. The first-order chi connectivity index (χ1) is 16.4. The summed E-state index contributed by atoms with van der Waals surface area (Å²) in [5.74, 6) is 0.640. The molecule has 4 nitrogen and oxygen atoms in total. The van der Waals surface area contributed by atoms with Crippen LogP contribution in [0.25, 0.3) is 21.5 Å². The highest BCUT2D eigenvalue weighted by atomic mass is 35.5. The number of hydrogen-bond donors (Lipinski definition) is 0. The zero-order chi connectivity index (χ0) is 23.8. The van der Waals surface area contributed by atoms with E-state index in [9.17, 15) is 4.79 Å². The van der Waals surface area contributed by atoms with Crippen molar-refractivity contribution in [1.82, 2.24) is 9.55 Å². The number of hydrogen-bond acceptors (Lipinski definition) is 4. The number of aromatic nitrogens is 2. The van der Waals surface area contributed by atoms with E-state index in [2.05, 4.69) is 5.38 Å². The van der Waals surface area contributed by atoms with Gasteiger partial charge in [0.05, 0.1) is 18.3 Å². The van der Waals surface area contributed by atoms with E-state index in [4.69, 9.17) is 32.9 Å². The Labute approximate surface area is 211 Å². The van der Waals surface area contributed by atoms with Crippen molar-refractivity contribution in [3.05, 3.63) is 105 Å². The Bertz CT molecular complexity index is 1500. The van der Waals surface area contributed by atoms with Crippen molar-refractivity contribution in [3.63, 3.8) is 0 Å². The van der Waals surface area contributed by atoms with Crippen molar-refractivity contribution in [3.8, 4) is 16.3 Å². The van der Waals surface area contributed by atoms with Gasteiger partial charge < -0.3 is 4.74 Å². The summed E-state index contributed by atoms with van der Waals surface area (Å²) in [6.07, 6.45) is 0.598. The quantitative estimate of drug-likeness (QED) is 0.245. The van der Waals surface area contributed by atoms with E-state index >= 15 is 0 Å². The van der Waals surface area contributed by atoms with E-state index in [0.29, 0.717) is 22.0 Å². The molecule has 0 radical (unpaired) electrons. The average Bonchev–Trinajstić information content (AvgIpc) is 3.42. The number of thiazole rings is 1. The van der Waals surface area contributed by atoms with Gasteiger partial charge in [0, 0.05) is 44.1 Å². The maximum atomic E-state index is 13.5. The van der Waals surface area contributed by atoms with Gasteiger partial charge in [-0.2, -0.15) is 0 Å². The predicted octanol–water partition coefficient (Wildman–Crippen LogP) is 7.67. The number of ether oxygens (including phenoxy) is 1. The molecule has 5 aromatic rings. The summed E-state index contributed by atoms with van der Waals surface area (Å²) >= 11 is 13.6. The smallest absolute Gasteiger partial charge is 0.262 e. The fourth-order valence-electron chi connectivity index (χ4n) is 4.09. The van der Waals surface area contributed by atoms with E-state index < -0.39 is 0 Å². The molecule has 0 bridgehead atoms. The van der Waals surface area contributed by atoms with Gasteiger partial charge in [-0.1, -0.05) is 35.3 Å². The number of halogens is 2. The molecule has 0 aliphatic rings. The summed E-state index contributed by atoms with van der Waals surface area (Å²) in [5, 5.41) is 5.26. The van der Waals surface area contributed by atoms with Gasteiger partial charge >= 0.3 is 0 Å². The van der Waals surface area contributed by atoms with Gasteiger partial charge in [-0.05, 0) is 67.1 Å². The molecule has 2 heterocycles. The highest BCUT2D eigenvalue weighted by Gasteiger charge is 2.21. The topological polar surface area (TPSA) is 44.1 Å². The Morgan fingerprint density at radius 3 is 2.35 bits per heavy atom. The van der Waals surface area contributed by atoms with Crippen LogP contribution in [0.2, 0.25) is 10.0 Å². The molecule has 0 atom stereocenters. The van der Waals surface area contributed by atoms with Crippen molar-refractivity contribution in [2.45, 2.75) is 13.3 Å². The molecule has 0 unspecified atom stereocenters. The van der Waals surface area contributed by atoms with Crippen LogP contribution in [0.4, 0.5) is 0 Å². The molecule has 7 heteroatoms. The zero-order valence-electron chi connectivity index (χ0n) is 18.5. The highest BCUT2D eigenvalue weighted by Crippen LogP contribution is 2.33. The molecular weight excluding hydrogens is 487 g/mol. The fourth-order valence-corrected chi connectivity index (χ4v) is 5.17. The van der Waals surface area contributed by atoms with Gasteiger partial charge in [0.15, 0.2) is 0 Å². The van der Waals surface area contributed by atoms with Gasteiger partial charge in [0.25, 0.3) is 5.91 Å². The largest absolute Gasteiger partial charge is 0.497 e. The third-order valence-electron chi connectivity index (χ3n) is 5.84. The minimum absolute atomic E-state index is 0.101. The van der Waals surface area contributed by atoms with Crippen molar-refractivity contribution in [1.29, 1.82) is 0 Å². The Morgan fingerprint density at radius 1 is 1.00 bits per heavy atom. The van der Waals surface area contributed by atoms with Crippen LogP contribution >= 0.6 is 34.5 Å². The number of fused-ring (bicyclic) bond motifs is 1. The lowest BCUT2D eigenvalue weighted by Gasteiger charge is -2.08. The van der Waals surface area contributed by atoms with Crippen LogP contribution in [0.3, 0.4) is 0 Å². The second-order valence-corrected chi connectivity index (χ2v) is 9.65. The SMILES string of the molecule is COc1ccc2c(c1)c(Cc1csc(-c3ccc(Cl)cc3)n1)c(C)n2C(=O)c1ccc(Cl)cc1. The lowest BCUT2D eigenvalue weighted by molar-refractivity contribution is 0.0963. The maximum Gasteiger partial charge on any atom is 0.262 e. The third kappa shape index (κ3) is 4.23. The molecule has 0 spiro atoms. The summed E-state index contributed by atoms with van der Waals surface area (Å²) in [6.45, 7) is 1.97. The van der Waals surface area contributed by atoms with Crippen LogP contribution in [-0.4, -0.2) is 22.6 Å². The number of methoxy groups -OCH3 is 1. The summed E-state index contributed by atoms with van der Waals surface area (Å²) in [4.78, 5) is 18.3. The lowest BCUT2D eigenvalue weighted by atomic mass is 10.1. The monoisotopic (exact) mass is 506 g/mol. The normalized spacial score (nSPS) is 11.2. The maximum absolute atomic E-state index is 13.5. The van der Waals surface area contributed by atoms with Gasteiger partial charge in [-0.15, -0.1) is 11.3 Å². The molecule has 0 saturated heterocycles. The molecule has 2 aromatic heterocycles. The number of nitrogens with zero attached hydrogens (tertiary/aromatic N) is 2. The second kappa shape index (κ2) is 9.26. The Balaban J connectivity index is 1.58. The summed E-state index contributed by atoms with van der Waals surface area (Å²) in [7, 11) is 1.64. The molecule has 0 aliphatic carbocycles. The zero-order valence-corrected chi connectivity index (χ0v) is 20.8. The van der Waals surface area contributed by atoms with Crippen LogP contribution in [0.5, 0.6) is 5.75 Å². The van der Waals surface area contributed by atoms with Gasteiger partial charge in [0.2, 0.25) is 0 Å². The van der Waals surface area contributed by atoms with Crippen LogP contribution in [0.1, 0.15) is 27.3 Å². The van der Waals surface area contributed by atoms with E-state index in [1.54, 1.807) is 47.3 Å². The third-order valence-corrected chi connectivity index (χ3v) is 7.28. The van der Waals surface area contributed by atoms with Crippen molar-refractivity contribution >= 4 is 51.3 Å². The Hall–Kier alpha value is -3.12. The minimum atomic E-state index is -0.101. The van der Waals surface area contributed by atoms with E-state index in [-0.39, 0.29) is 5.91 Å². The number of carbonyl (C=O) groups is 1. The first kappa shape index (κ1) is 22.7. The molecular formula is C27H20Cl2N2O2S. The summed E-state index contributed by atoms with van der Waals surface area (Å²) in [5.41, 5.74) is 5.30. The standard InChI is InChI=1S/C27H20Cl2N2O2S/c1-16-23(13-21-15-34-26(30-21)17-3-7-19(28)8-4-17)24-14-22(33-2)11-12-25(24)31(16)27(32)18-5-9-20(29)10-6-18/h3-12,14-15H,13H2,1-2H3. The fraction of sp³-hybridized carbons (Fsp3) is 0.111. The molecule has 0 fully saturated rings. The minimum Gasteiger partial charge on any atom is -0.497 e. The lowest BCUT2D eigenvalue weighted by Crippen LogP contribution is -2.13. The molecule has 170 valence electrons. The van der Waals surface area contributed by atoms with Crippen LogP contribution in [0.15, 0.2) is 72.1 Å². The highest BCUT2D eigenvalue weighted by molar-refractivity contribution is 7.13. The predicted molar refractivity (Wildman–Crippen MR) is 140 cm³/mol. The molecule has 0 N–H and O–H groups in total. The molecule has 5 rings (SSSR count). The van der Waals surface area contributed by atoms with Crippen molar-refractivity contribution in [2.75, 3.05) is 7.11 Å². The Morgan fingerprint density at radius 2 is 1.68 bits per heavy atom. The van der Waals surface area contributed by atoms with Gasteiger partial charge in [-0.3, -0.25) is 9.36 Å². The number of carbonyl (C=O) groups excluding carboxylic acids is 1. The molecule has 0 aliphatic heterocycles. The van der Waals surface area contributed by atoms with Crippen LogP contribution in [-0.2, 0) is 6.42 Å². The van der Waals surface area contributed by atoms with Gasteiger partial charge in [0.1, 0.15) is 10.8 Å². The van der Waals surface area contributed by atoms with Crippen molar-refractivity contribution < 1.29 is 9.53 Å². The summed E-state index contributed by atoms with van der Waals surface area (Å²) < 4.78 is 7.24. The number of rotatable bonds is 5. The first-order valence-electron chi connectivity index (χ1n) is 10.6. The first-order valence-corrected chi connectivity index (χ1v) is 12.3. The van der Waals surface area contributed by atoms with Crippen LogP contribution in [0, 0.1) is 6.92 Å². The van der Waals surface area contributed by atoms with E-state index in [1.807, 2.05) is 49.4 Å². The van der Waals surface area contributed by atoms with E-state index in [1.165, 1.54) is 0 Å². The molecule has 0 amide bonds. The van der Waals surface area contributed by atoms with Crippen molar-refractivity contribution in [2.24, 2.45) is 0 Å². The average molecular weight is 507 g/mol. The molecule has 3 aromatic carbocycles. The van der Waals surface area contributed by atoms with Crippen LogP contribution < -0.4 is 4.74 Å². The summed E-state index contributed by atoms with van der Waals surface area (Å²) in [6, 6.07) is 20.4. The van der Waals surface area contributed by atoms with E-state index in [0.717, 1.165) is 44.2 Å². The molecule has 34 heavy (non-hydrogen) atoms. The van der Waals surface area contributed by atoms with Gasteiger partial charge in [-0.25, -0.2) is 4.98 Å².